The summed E-state index contributed by atoms with van der Waals surface area (Å²) in [6.07, 6.45) is 3.55. The van der Waals surface area contributed by atoms with Crippen LogP contribution in [0.4, 0.5) is 0 Å². The van der Waals surface area contributed by atoms with Crippen molar-refractivity contribution in [2.45, 2.75) is 26.2 Å². The van der Waals surface area contributed by atoms with Gasteiger partial charge in [0.05, 0.1) is 4.43 Å². The van der Waals surface area contributed by atoms with Gasteiger partial charge in [-0.05, 0) is 6.42 Å². The normalized spacial score (nSPS) is 9.64. The standard InChI is InChI=1S/C7H15IN2O/c1-2-3-4-5-9-10-7(11)6-8/h9H,2-6H2,1H3,(H,10,11). The third-order valence-corrected chi connectivity index (χ3v) is 1.95. The molecule has 0 heterocycles. The van der Waals surface area contributed by atoms with Crippen molar-refractivity contribution in [1.29, 1.82) is 0 Å². The molecule has 1 amide bonds. The Labute approximate surface area is 81.4 Å². The first kappa shape index (κ1) is 11.2. The highest BCUT2D eigenvalue weighted by Gasteiger charge is 1.93. The maximum absolute atomic E-state index is 10.7. The highest BCUT2D eigenvalue weighted by atomic mass is 127. The van der Waals surface area contributed by atoms with E-state index in [-0.39, 0.29) is 5.91 Å². The van der Waals surface area contributed by atoms with E-state index in [0.717, 1.165) is 13.0 Å². The van der Waals surface area contributed by atoms with Crippen LogP contribution in [0.3, 0.4) is 0 Å². The second kappa shape index (κ2) is 8.26. The minimum atomic E-state index is 0.0436. The second-order valence-electron chi connectivity index (χ2n) is 2.32. The fourth-order valence-electron chi connectivity index (χ4n) is 0.658. The minimum Gasteiger partial charge on any atom is -0.291 e. The molecule has 0 unspecified atom stereocenters. The Bertz CT molecular complexity index is 109. The molecular weight excluding hydrogens is 255 g/mol. The zero-order valence-corrected chi connectivity index (χ0v) is 8.98. The summed E-state index contributed by atoms with van der Waals surface area (Å²) in [6.45, 7) is 3.03. The Kier molecular flexibility index (Phi) is 8.38. The molecule has 0 aromatic carbocycles. The van der Waals surface area contributed by atoms with Gasteiger partial charge in [0, 0.05) is 6.54 Å². The molecule has 2 N–H and O–H groups in total. The predicted molar refractivity (Wildman–Crippen MR) is 54.6 cm³/mol. The molecule has 3 nitrogen and oxygen atoms in total. The van der Waals surface area contributed by atoms with E-state index in [0.29, 0.717) is 4.43 Å². The van der Waals surface area contributed by atoms with Gasteiger partial charge in [-0.2, -0.15) is 0 Å². The number of carbonyl (C=O) groups is 1. The first-order valence-electron chi connectivity index (χ1n) is 3.89. The monoisotopic (exact) mass is 270 g/mol. The molecule has 0 aromatic heterocycles. The van der Waals surface area contributed by atoms with Crippen LogP contribution in [0.5, 0.6) is 0 Å². The van der Waals surface area contributed by atoms with E-state index in [4.69, 9.17) is 0 Å². The molecule has 0 spiro atoms. The highest BCUT2D eigenvalue weighted by molar-refractivity contribution is 14.1. The Morgan fingerprint density at radius 1 is 1.45 bits per heavy atom. The molecule has 66 valence electrons. The first-order chi connectivity index (χ1) is 5.31. The predicted octanol–water partition coefficient (Wildman–Crippen LogP) is 1.23. The van der Waals surface area contributed by atoms with E-state index in [1.54, 1.807) is 0 Å². The van der Waals surface area contributed by atoms with Crippen molar-refractivity contribution < 1.29 is 4.79 Å². The van der Waals surface area contributed by atoms with Crippen molar-refractivity contribution in [2.75, 3.05) is 11.0 Å². The summed E-state index contributed by atoms with van der Waals surface area (Å²) in [6, 6.07) is 0. The van der Waals surface area contributed by atoms with Gasteiger partial charge in [-0.1, -0.05) is 42.4 Å². The van der Waals surface area contributed by atoms with Crippen molar-refractivity contribution in [3.63, 3.8) is 0 Å². The summed E-state index contributed by atoms with van der Waals surface area (Å²) in [7, 11) is 0. The molecule has 0 radical (unpaired) electrons. The van der Waals surface area contributed by atoms with Crippen molar-refractivity contribution in [2.24, 2.45) is 0 Å². The van der Waals surface area contributed by atoms with Crippen LogP contribution in [0.15, 0.2) is 0 Å². The van der Waals surface area contributed by atoms with Crippen LogP contribution < -0.4 is 10.9 Å². The van der Waals surface area contributed by atoms with Crippen LogP contribution in [0.1, 0.15) is 26.2 Å². The van der Waals surface area contributed by atoms with Gasteiger partial charge >= 0.3 is 0 Å². The zero-order valence-electron chi connectivity index (χ0n) is 6.82. The lowest BCUT2D eigenvalue weighted by Crippen LogP contribution is -2.38. The van der Waals surface area contributed by atoms with Gasteiger partial charge in [0.1, 0.15) is 0 Å². The van der Waals surface area contributed by atoms with Crippen LogP contribution in [-0.4, -0.2) is 16.9 Å². The number of unbranched alkanes of at least 4 members (excludes halogenated alkanes) is 2. The Hall–Kier alpha value is 0.160. The van der Waals surface area contributed by atoms with Gasteiger partial charge in [0.15, 0.2) is 0 Å². The van der Waals surface area contributed by atoms with Gasteiger partial charge in [-0.25, -0.2) is 5.43 Å². The fraction of sp³-hybridized carbons (Fsp3) is 0.857. The topological polar surface area (TPSA) is 41.1 Å². The molecule has 4 heteroatoms. The summed E-state index contributed by atoms with van der Waals surface area (Å²) < 4.78 is 0.512. The van der Waals surface area contributed by atoms with Gasteiger partial charge in [0.2, 0.25) is 5.91 Å². The van der Waals surface area contributed by atoms with E-state index in [1.165, 1.54) is 12.8 Å². The van der Waals surface area contributed by atoms with Gasteiger partial charge in [0.25, 0.3) is 0 Å². The number of carbonyl (C=O) groups excluding carboxylic acids is 1. The maximum atomic E-state index is 10.7. The average molecular weight is 270 g/mol. The van der Waals surface area contributed by atoms with Crippen molar-refractivity contribution in [3.8, 4) is 0 Å². The average Bonchev–Trinajstić information content (AvgIpc) is 2.04. The SMILES string of the molecule is CCCCCNNC(=O)CI. The number of hydrogen-bond acceptors (Lipinski definition) is 2. The van der Waals surface area contributed by atoms with E-state index in [1.807, 2.05) is 22.6 Å². The molecule has 0 saturated heterocycles. The Balaban J connectivity index is 2.95. The third kappa shape index (κ3) is 8.06. The third-order valence-electron chi connectivity index (χ3n) is 1.25. The molecule has 0 aliphatic carbocycles. The van der Waals surface area contributed by atoms with Crippen molar-refractivity contribution >= 4 is 28.5 Å². The molecule has 0 saturated carbocycles. The minimum absolute atomic E-state index is 0.0436. The number of rotatable bonds is 6. The van der Waals surface area contributed by atoms with Crippen LogP contribution >= 0.6 is 22.6 Å². The molecule has 0 aliphatic heterocycles. The molecule has 11 heavy (non-hydrogen) atoms. The molecule has 0 atom stereocenters. The molecule has 0 aliphatic rings. The largest absolute Gasteiger partial charge is 0.291 e. The lowest BCUT2D eigenvalue weighted by Gasteiger charge is -2.03. The number of hydrazine groups is 1. The van der Waals surface area contributed by atoms with E-state index >= 15 is 0 Å². The van der Waals surface area contributed by atoms with Gasteiger partial charge in [-0.15, -0.1) is 0 Å². The van der Waals surface area contributed by atoms with E-state index in [2.05, 4.69) is 17.8 Å². The first-order valence-corrected chi connectivity index (χ1v) is 5.41. The number of amides is 1. The van der Waals surface area contributed by atoms with Crippen LogP contribution in [0.25, 0.3) is 0 Å². The number of hydrogen-bond donors (Lipinski definition) is 2. The zero-order chi connectivity index (χ0) is 8.53. The van der Waals surface area contributed by atoms with Crippen molar-refractivity contribution in [3.05, 3.63) is 0 Å². The lowest BCUT2D eigenvalue weighted by atomic mass is 10.2. The van der Waals surface area contributed by atoms with Gasteiger partial charge in [-0.3, -0.25) is 10.2 Å². The number of nitrogens with one attached hydrogen (secondary N) is 2. The molecule has 0 rings (SSSR count). The fourth-order valence-corrected chi connectivity index (χ4v) is 0.849. The highest BCUT2D eigenvalue weighted by Crippen LogP contribution is 1.90. The molecule has 0 aromatic rings. The van der Waals surface area contributed by atoms with Crippen molar-refractivity contribution in [1.82, 2.24) is 10.9 Å². The summed E-state index contributed by atoms with van der Waals surface area (Å²) in [5.41, 5.74) is 5.46. The van der Waals surface area contributed by atoms with Gasteiger partial charge < -0.3 is 0 Å². The lowest BCUT2D eigenvalue weighted by molar-refractivity contribution is -0.119. The number of alkyl halides is 1. The van der Waals surface area contributed by atoms with E-state index in [9.17, 15) is 4.79 Å². The second-order valence-corrected chi connectivity index (χ2v) is 3.08. The smallest absolute Gasteiger partial charge is 0.243 e. The molecule has 0 fully saturated rings. The summed E-state index contributed by atoms with van der Waals surface area (Å²) in [5, 5.41) is 0. The number of halogens is 1. The van der Waals surface area contributed by atoms with Crippen LogP contribution in [0, 0.1) is 0 Å². The molecule has 0 bridgehead atoms. The Morgan fingerprint density at radius 2 is 2.18 bits per heavy atom. The maximum Gasteiger partial charge on any atom is 0.243 e. The van der Waals surface area contributed by atoms with Crippen LogP contribution in [0.2, 0.25) is 0 Å². The van der Waals surface area contributed by atoms with Crippen LogP contribution in [-0.2, 0) is 4.79 Å². The quantitative estimate of drug-likeness (QED) is 0.330. The Morgan fingerprint density at radius 3 is 2.73 bits per heavy atom. The molecular formula is C7H15IN2O. The summed E-state index contributed by atoms with van der Waals surface area (Å²) in [5.74, 6) is 0.0436. The summed E-state index contributed by atoms with van der Waals surface area (Å²) >= 11 is 2.03. The van der Waals surface area contributed by atoms with E-state index < -0.39 is 0 Å². The summed E-state index contributed by atoms with van der Waals surface area (Å²) in [4.78, 5) is 10.7.